The van der Waals surface area contributed by atoms with Gasteiger partial charge in [0.1, 0.15) is 11.6 Å². The van der Waals surface area contributed by atoms with Crippen molar-refractivity contribution < 1.29 is 9.50 Å². The van der Waals surface area contributed by atoms with Gasteiger partial charge in [-0.05, 0) is 48.7 Å². The summed E-state index contributed by atoms with van der Waals surface area (Å²) in [6, 6.07) is 10.2. The van der Waals surface area contributed by atoms with Crippen LogP contribution in [0.25, 0.3) is 11.3 Å². The number of aliphatic hydroxyl groups is 1. The van der Waals surface area contributed by atoms with E-state index in [1.807, 2.05) is 32.0 Å². The Morgan fingerprint density at radius 3 is 2.61 bits per heavy atom. The summed E-state index contributed by atoms with van der Waals surface area (Å²) in [7, 11) is 0. The number of benzene rings is 1. The second-order valence-electron chi connectivity index (χ2n) is 6.97. The molecule has 0 aliphatic rings. The van der Waals surface area contributed by atoms with E-state index in [0.29, 0.717) is 23.0 Å². The van der Waals surface area contributed by atoms with Crippen LogP contribution in [0, 0.1) is 18.7 Å². The number of halogens is 1. The van der Waals surface area contributed by atoms with Crippen molar-refractivity contribution in [3.05, 3.63) is 60.2 Å². The van der Waals surface area contributed by atoms with Gasteiger partial charge in [0.25, 0.3) is 0 Å². The first-order valence-electron chi connectivity index (χ1n) is 9.16. The average Bonchev–Trinajstić information content (AvgIpc) is 2.69. The van der Waals surface area contributed by atoms with Crippen LogP contribution in [0.5, 0.6) is 0 Å². The molecule has 0 saturated carbocycles. The highest BCUT2D eigenvalue weighted by atomic mass is 19.1. The molecule has 0 radical (unpaired) electrons. The Hall–Kier alpha value is -3.06. The molecule has 3 rings (SSSR count). The largest absolute Gasteiger partial charge is 0.394 e. The van der Waals surface area contributed by atoms with Crippen molar-refractivity contribution in [2.24, 2.45) is 5.92 Å². The molecular weight excluding hydrogens is 357 g/mol. The summed E-state index contributed by atoms with van der Waals surface area (Å²) >= 11 is 0. The topological polar surface area (TPSA) is 83.0 Å². The molecule has 2 aromatic heterocycles. The highest BCUT2D eigenvalue weighted by Gasteiger charge is 2.15. The number of aliphatic hydroxyl groups excluding tert-OH is 1. The van der Waals surface area contributed by atoms with Crippen LogP contribution in [0.1, 0.15) is 19.4 Å². The van der Waals surface area contributed by atoms with Crippen LogP contribution >= 0.6 is 0 Å². The Labute approximate surface area is 163 Å². The monoisotopic (exact) mass is 381 g/mol. The van der Waals surface area contributed by atoms with E-state index >= 15 is 0 Å². The van der Waals surface area contributed by atoms with Crippen LogP contribution in [0.2, 0.25) is 0 Å². The molecule has 0 spiro atoms. The molecule has 1 atom stereocenters. The van der Waals surface area contributed by atoms with Gasteiger partial charge in [0.2, 0.25) is 5.95 Å². The Morgan fingerprint density at radius 2 is 1.96 bits per heavy atom. The van der Waals surface area contributed by atoms with Crippen LogP contribution in [0.15, 0.2) is 48.8 Å². The zero-order valence-electron chi connectivity index (χ0n) is 16.1. The lowest BCUT2D eigenvalue weighted by molar-refractivity contribution is 0.248. The molecule has 1 aromatic carbocycles. The zero-order valence-corrected chi connectivity index (χ0v) is 16.1. The maximum absolute atomic E-state index is 13.6. The molecule has 0 unspecified atom stereocenters. The van der Waals surface area contributed by atoms with Crippen molar-refractivity contribution in [3.63, 3.8) is 0 Å². The Morgan fingerprint density at radius 1 is 1.14 bits per heavy atom. The first-order valence-corrected chi connectivity index (χ1v) is 9.16. The zero-order chi connectivity index (χ0) is 20.1. The Kier molecular flexibility index (Phi) is 6.16. The summed E-state index contributed by atoms with van der Waals surface area (Å²) in [5.41, 5.74) is 2.80. The van der Waals surface area contributed by atoms with Crippen LogP contribution < -0.4 is 10.6 Å². The van der Waals surface area contributed by atoms with Gasteiger partial charge < -0.3 is 15.7 Å². The van der Waals surface area contributed by atoms with E-state index in [1.54, 1.807) is 31.5 Å². The molecule has 2 heterocycles. The molecule has 3 aromatic rings. The lowest BCUT2D eigenvalue weighted by Gasteiger charge is -2.20. The first kappa shape index (κ1) is 19.7. The van der Waals surface area contributed by atoms with E-state index in [9.17, 15) is 9.50 Å². The number of hydrogen-bond acceptors (Lipinski definition) is 6. The van der Waals surface area contributed by atoms with E-state index in [-0.39, 0.29) is 24.4 Å². The molecule has 6 nitrogen and oxygen atoms in total. The van der Waals surface area contributed by atoms with E-state index in [1.165, 1.54) is 6.07 Å². The number of hydrogen-bond donors (Lipinski definition) is 3. The van der Waals surface area contributed by atoms with Gasteiger partial charge in [0, 0.05) is 29.7 Å². The maximum Gasteiger partial charge on any atom is 0.225 e. The Bertz CT molecular complexity index is 933. The SMILES string of the molecule is Cc1cc(Nc2cc(-c3cccnc3)nc(N[C@H](CO)C(C)C)n2)ccc1F. The summed E-state index contributed by atoms with van der Waals surface area (Å²) in [4.78, 5) is 13.2. The standard InChI is InChI=1S/C21H24FN5O/c1-13(2)19(12-28)26-21-25-18(15-5-4-8-23-11-15)10-20(27-21)24-16-6-7-17(22)14(3)9-16/h4-11,13,19,28H,12H2,1-3H3,(H2,24,25,26,27)/t19-/m1/s1. The van der Waals surface area contributed by atoms with Crippen molar-refractivity contribution in [3.8, 4) is 11.3 Å². The molecule has 28 heavy (non-hydrogen) atoms. The van der Waals surface area contributed by atoms with Crippen molar-refractivity contribution >= 4 is 17.5 Å². The first-order chi connectivity index (χ1) is 13.5. The molecule has 0 amide bonds. The summed E-state index contributed by atoms with van der Waals surface area (Å²) < 4.78 is 13.6. The molecule has 0 bridgehead atoms. The van der Waals surface area contributed by atoms with Gasteiger partial charge in [0.15, 0.2) is 0 Å². The predicted molar refractivity (Wildman–Crippen MR) is 109 cm³/mol. The fourth-order valence-corrected chi connectivity index (χ4v) is 2.70. The van der Waals surface area contributed by atoms with E-state index in [0.717, 1.165) is 11.3 Å². The van der Waals surface area contributed by atoms with Crippen molar-refractivity contribution in [2.75, 3.05) is 17.2 Å². The third-order valence-corrected chi connectivity index (χ3v) is 4.43. The minimum atomic E-state index is -0.255. The number of anilines is 3. The number of aryl methyl sites for hydroxylation is 1. The van der Waals surface area contributed by atoms with Gasteiger partial charge in [0.05, 0.1) is 18.3 Å². The minimum absolute atomic E-state index is 0.0297. The average molecular weight is 381 g/mol. The smallest absolute Gasteiger partial charge is 0.225 e. The summed E-state index contributed by atoms with van der Waals surface area (Å²) in [5.74, 6) is 0.902. The lowest BCUT2D eigenvalue weighted by atomic mass is 10.1. The van der Waals surface area contributed by atoms with Gasteiger partial charge in [-0.25, -0.2) is 9.37 Å². The Balaban J connectivity index is 1.97. The molecule has 3 N–H and O–H groups in total. The summed E-state index contributed by atoms with van der Waals surface area (Å²) in [6.07, 6.45) is 3.43. The fourth-order valence-electron chi connectivity index (χ4n) is 2.70. The van der Waals surface area contributed by atoms with Crippen LogP contribution in [-0.2, 0) is 0 Å². The van der Waals surface area contributed by atoms with Gasteiger partial charge in [-0.1, -0.05) is 13.8 Å². The normalized spacial score (nSPS) is 12.1. The fraction of sp³-hybridized carbons (Fsp3) is 0.286. The minimum Gasteiger partial charge on any atom is -0.394 e. The number of rotatable bonds is 7. The number of aromatic nitrogens is 3. The highest BCUT2D eigenvalue weighted by molar-refractivity contribution is 5.67. The summed E-state index contributed by atoms with van der Waals surface area (Å²) in [5, 5.41) is 16.0. The molecule has 0 aliphatic heterocycles. The predicted octanol–water partition coefficient (Wildman–Crippen LogP) is 4.16. The second kappa shape index (κ2) is 8.75. The van der Waals surface area contributed by atoms with Gasteiger partial charge in [-0.2, -0.15) is 4.98 Å². The van der Waals surface area contributed by atoms with Crippen LogP contribution in [-0.4, -0.2) is 32.7 Å². The highest BCUT2D eigenvalue weighted by Crippen LogP contribution is 2.24. The van der Waals surface area contributed by atoms with Gasteiger partial charge in [-0.15, -0.1) is 0 Å². The molecule has 7 heteroatoms. The molecule has 0 fully saturated rings. The van der Waals surface area contributed by atoms with E-state index in [4.69, 9.17) is 0 Å². The lowest BCUT2D eigenvalue weighted by Crippen LogP contribution is -2.30. The molecule has 0 aliphatic carbocycles. The third kappa shape index (κ3) is 4.80. The van der Waals surface area contributed by atoms with Crippen molar-refractivity contribution in [2.45, 2.75) is 26.8 Å². The van der Waals surface area contributed by atoms with Gasteiger partial charge in [-0.3, -0.25) is 4.98 Å². The maximum atomic E-state index is 13.6. The van der Waals surface area contributed by atoms with Gasteiger partial charge >= 0.3 is 0 Å². The van der Waals surface area contributed by atoms with E-state index in [2.05, 4.69) is 25.6 Å². The molecule has 146 valence electrons. The number of nitrogens with one attached hydrogen (secondary N) is 2. The van der Waals surface area contributed by atoms with E-state index < -0.39 is 0 Å². The second-order valence-corrected chi connectivity index (χ2v) is 6.97. The third-order valence-electron chi connectivity index (χ3n) is 4.43. The molecular formula is C21H24FN5O. The van der Waals surface area contributed by atoms with Crippen molar-refractivity contribution in [1.29, 1.82) is 0 Å². The quantitative estimate of drug-likeness (QED) is 0.570. The number of nitrogens with zero attached hydrogens (tertiary/aromatic N) is 3. The van der Waals surface area contributed by atoms with Crippen molar-refractivity contribution in [1.82, 2.24) is 15.0 Å². The van der Waals surface area contributed by atoms with Crippen LogP contribution in [0.3, 0.4) is 0 Å². The van der Waals surface area contributed by atoms with Crippen LogP contribution in [0.4, 0.5) is 21.8 Å². The summed E-state index contributed by atoms with van der Waals surface area (Å²) in [6.45, 7) is 5.71. The molecule has 0 saturated heterocycles. The number of pyridine rings is 1.